The molecule has 0 N–H and O–H groups in total. The fourth-order valence-corrected chi connectivity index (χ4v) is 13.1. The van der Waals surface area contributed by atoms with E-state index in [2.05, 4.69) is 223 Å². The van der Waals surface area contributed by atoms with Crippen LogP contribution >= 0.6 is 0 Å². The first-order chi connectivity index (χ1) is 36.0. The van der Waals surface area contributed by atoms with Gasteiger partial charge >= 0.3 is 0 Å². The van der Waals surface area contributed by atoms with Gasteiger partial charge in [-0.25, -0.2) is 0 Å². The van der Waals surface area contributed by atoms with Crippen LogP contribution < -0.4 is 0 Å². The highest BCUT2D eigenvalue weighted by Gasteiger charge is 2.47. The minimum Gasteiger partial charge on any atom is -0.341 e. The molecule has 3 aromatic heterocycles. The third kappa shape index (κ3) is 7.27. The Hall–Kier alpha value is -8.27. The highest BCUT2D eigenvalue weighted by molar-refractivity contribution is 6.09. The van der Waals surface area contributed by atoms with Crippen LogP contribution in [0, 0.1) is 0 Å². The van der Waals surface area contributed by atoms with Crippen LogP contribution in [0.3, 0.4) is 0 Å². The highest BCUT2D eigenvalue weighted by Crippen LogP contribution is 2.57. The van der Waals surface area contributed by atoms with Gasteiger partial charge in [-0.05, 0) is 197 Å². The molecule has 2 aliphatic carbocycles. The van der Waals surface area contributed by atoms with E-state index in [9.17, 15) is 0 Å². The lowest BCUT2D eigenvalue weighted by molar-refractivity contribution is 0.564. The molecule has 0 radical (unpaired) electrons. The first-order valence-corrected chi connectivity index (χ1v) is 26.5. The zero-order valence-corrected chi connectivity index (χ0v) is 41.7. The Bertz CT molecular complexity index is 3870. The molecular weight excluding hydrogens is 883 g/mol. The van der Waals surface area contributed by atoms with Crippen LogP contribution in [0.5, 0.6) is 0 Å². The molecule has 0 saturated carbocycles. The average Bonchev–Trinajstić information content (AvgIpc) is 4.17. The summed E-state index contributed by atoms with van der Waals surface area (Å²) in [5, 5.41) is 5.41. The molecule has 9 aromatic carbocycles. The van der Waals surface area contributed by atoms with Crippen molar-refractivity contribution in [3.63, 3.8) is 0 Å². The minimum absolute atomic E-state index is 0.170. The minimum atomic E-state index is -0.170. The van der Waals surface area contributed by atoms with Crippen molar-refractivity contribution >= 4 is 43.6 Å². The van der Waals surface area contributed by atoms with Crippen molar-refractivity contribution in [2.24, 2.45) is 0 Å². The van der Waals surface area contributed by atoms with Gasteiger partial charge in [-0.1, -0.05) is 140 Å². The topological polar surface area (TPSA) is 22.8 Å². The Morgan fingerprint density at radius 3 is 1.34 bits per heavy atom. The van der Waals surface area contributed by atoms with Gasteiger partial charge in [-0.15, -0.1) is 0 Å². The molecule has 0 aliphatic heterocycles. The number of fused-ring (bicyclic) bond motifs is 12. The lowest BCUT2D eigenvalue weighted by atomic mass is 9.74. The van der Waals surface area contributed by atoms with Crippen molar-refractivity contribution in [2.75, 3.05) is 0 Å². The Morgan fingerprint density at radius 1 is 0.370 bits per heavy atom. The van der Waals surface area contributed by atoms with E-state index in [0.717, 1.165) is 57.3 Å². The van der Waals surface area contributed by atoms with Crippen molar-refractivity contribution in [1.29, 1.82) is 0 Å². The van der Waals surface area contributed by atoms with Crippen molar-refractivity contribution in [3.8, 4) is 44.6 Å². The van der Waals surface area contributed by atoms with Crippen molar-refractivity contribution in [3.05, 3.63) is 257 Å². The standard InChI is InChI=1S/C70H57N3/c1-3-72-66-14-7-5-11-59(66)61-39-48(24-36-68(61)72)18-16-46-20-26-50(27-21-46)52-32-34-57-58-35-33-53(43-64(58)70(63(57)42-52)44-55-31-30-54(41-56(55)45-70)65-13-9-10-38-71-65)51-28-22-47(23-29-51)17-19-49-25-37-69-62(40-49)60-12-6-8-15-67(60)73(69)4-2/h5-15,20-43H,3-4,16-19,44-45H2,1-2H3. The van der Waals surface area contributed by atoms with Gasteiger partial charge in [0.25, 0.3) is 0 Å². The molecule has 73 heavy (non-hydrogen) atoms. The van der Waals surface area contributed by atoms with Gasteiger partial charge in [0.05, 0.1) is 5.69 Å². The fraction of sp³-hybridized carbons (Fsp3) is 0.157. The van der Waals surface area contributed by atoms with E-state index < -0.39 is 0 Å². The lowest BCUT2D eigenvalue weighted by Gasteiger charge is -2.27. The number of rotatable bonds is 11. The number of hydrogen-bond donors (Lipinski definition) is 0. The maximum atomic E-state index is 4.74. The van der Waals surface area contributed by atoms with Crippen LogP contribution in [0.15, 0.2) is 212 Å². The summed E-state index contributed by atoms with van der Waals surface area (Å²) in [6.07, 6.45) is 7.88. The molecule has 0 amide bonds. The first kappa shape index (κ1) is 43.5. The Balaban J connectivity index is 0.749. The fourth-order valence-electron chi connectivity index (χ4n) is 13.1. The SMILES string of the molecule is CCn1c2ccccc2c2cc(CCc3ccc(-c4ccc5c(c4)C4(Cc6ccc(-c7ccccn7)cc6C4)c4cc(-c6ccc(CCc7ccc8c(c7)c7ccccc7n8CC)cc6)ccc4-5)cc3)ccc21. The van der Waals surface area contributed by atoms with Gasteiger partial charge in [0, 0.05) is 73.9 Å². The molecule has 1 spiro atoms. The van der Waals surface area contributed by atoms with Crippen LogP contribution in [0.2, 0.25) is 0 Å². The van der Waals surface area contributed by atoms with Crippen LogP contribution in [0.1, 0.15) is 58.4 Å². The summed E-state index contributed by atoms with van der Waals surface area (Å²) in [6.45, 7) is 6.42. The summed E-state index contributed by atoms with van der Waals surface area (Å²) < 4.78 is 4.87. The monoisotopic (exact) mass is 939 g/mol. The van der Waals surface area contributed by atoms with Crippen LogP contribution in [0.25, 0.3) is 88.2 Å². The number of pyridine rings is 1. The zero-order chi connectivity index (χ0) is 48.6. The molecule has 3 heteroatoms. The van der Waals surface area contributed by atoms with E-state index in [1.807, 2.05) is 12.3 Å². The van der Waals surface area contributed by atoms with E-state index in [1.165, 1.54) is 127 Å². The maximum Gasteiger partial charge on any atom is 0.0702 e. The van der Waals surface area contributed by atoms with Gasteiger partial charge in [0.15, 0.2) is 0 Å². The molecule has 3 nitrogen and oxygen atoms in total. The van der Waals surface area contributed by atoms with E-state index in [0.29, 0.717) is 0 Å². The summed E-state index contributed by atoms with van der Waals surface area (Å²) in [5.41, 5.74) is 26.4. The van der Waals surface area contributed by atoms with Crippen LogP contribution in [0.4, 0.5) is 0 Å². The number of para-hydroxylation sites is 2. The summed E-state index contributed by atoms with van der Waals surface area (Å²) in [5.74, 6) is 0. The predicted molar refractivity (Wildman–Crippen MR) is 306 cm³/mol. The smallest absolute Gasteiger partial charge is 0.0702 e. The summed E-state index contributed by atoms with van der Waals surface area (Å²) in [7, 11) is 0. The molecule has 0 saturated heterocycles. The second-order valence-corrected chi connectivity index (χ2v) is 20.8. The predicted octanol–water partition coefficient (Wildman–Crippen LogP) is 17.0. The average molecular weight is 940 g/mol. The van der Waals surface area contributed by atoms with E-state index in [-0.39, 0.29) is 5.41 Å². The second-order valence-electron chi connectivity index (χ2n) is 20.8. The number of aromatic nitrogens is 3. The number of nitrogens with zero attached hydrogens (tertiary/aromatic N) is 3. The molecular formula is C70H57N3. The van der Waals surface area contributed by atoms with Gasteiger partial charge in [0.2, 0.25) is 0 Å². The van der Waals surface area contributed by atoms with Gasteiger partial charge in [0.1, 0.15) is 0 Å². The molecule has 0 fully saturated rings. The van der Waals surface area contributed by atoms with Gasteiger partial charge < -0.3 is 9.13 Å². The maximum absolute atomic E-state index is 4.74. The molecule has 14 rings (SSSR count). The molecule has 3 heterocycles. The zero-order valence-electron chi connectivity index (χ0n) is 41.7. The molecule has 352 valence electrons. The number of aryl methyl sites for hydroxylation is 6. The van der Waals surface area contributed by atoms with Crippen LogP contribution in [-0.2, 0) is 57.0 Å². The lowest BCUT2D eigenvalue weighted by Crippen LogP contribution is -2.26. The number of hydrogen-bond acceptors (Lipinski definition) is 1. The van der Waals surface area contributed by atoms with Crippen molar-refractivity contribution < 1.29 is 0 Å². The second kappa shape index (κ2) is 17.5. The first-order valence-electron chi connectivity index (χ1n) is 26.5. The Kier molecular flexibility index (Phi) is 10.4. The van der Waals surface area contributed by atoms with Gasteiger partial charge in [-0.3, -0.25) is 4.98 Å². The van der Waals surface area contributed by atoms with Crippen molar-refractivity contribution in [1.82, 2.24) is 14.1 Å². The third-order valence-corrected chi connectivity index (χ3v) is 16.8. The summed E-state index contributed by atoms with van der Waals surface area (Å²) >= 11 is 0. The van der Waals surface area contributed by atoms with Gasteiger partial charge in [-0.2, -0.15) is 0 Å². The third-order valence-electron chi connectivity index (χ3n) is 16.8. The van der Waals surface area contributed by atoms with Crippen molar-refractivity contribution in [2.45, 2.75) is 70.9 Å². The quantitative estimate of drug-likeness (QED) is 0.127. The van der Waals surface area contributed by atoms with E-state index in [1.54, 1.807) is 0 Å². The normalized spacial score (nSPS) is 13.4. The Labute approximate surface area is 428 Å². The van der Waals surface area contributed by atoms with Crippen LogP contribution in [-0.4, -0.2) is 14.1 Å². The summed E-state index contributed by atoms with van der Waals surface area (Å²) in [4.78, 5) is 4.74. The molecule has 0 unspecified atom stereocenters. The highest BCUT2D eigenvalue weighted by atomic mass is 15.0. The molecule has 2 aliphatic rings. The molecule has 12 aromatic rings. The Morgan fingerprint density at radius 2 is 0.822 bits per heavy atom. The molecule has 0 bridgehead atoms. The van der Waals surface area contributed by atoms with E-state index >= 15 is 0 Å². The molecule has 0 atom stereocenters. The largest absolute Gasteiger partial charge is 0.341 e. The summed E-state index contributed by atoms with van der Waals surface area (Å²) in [6, 6.07) is 78.5. The number of benzene rings is 9. The van der Waals surface area contributed by atoms with E-state index in [4.69, 9.17) is 4.98 Å².